The minimum Gasteiger partial charge on any atom is -0.473 e. The van der Waals surface area contributed by atoms with Gasteiger partial charge < -0.3 is 20.1 Å². The van der Waals surface area contributed by atoms with E-state index in [1.54, 1.807) is 30.1 Å². The summed E-state index contributed by atoms with van der Waals surface area (Å²) in [6.45, 7) is 3.77. The Labute approximate surface area is 135 Å². The van der Waals surface area contributed by atoms with E-state index in [4.69, 9.17) is 15.2 Å². The van der Waals surface area contributed by atoms with Gasteiger partial charge in [0.2, 0.25) is 5.88 Å². The van der Waals surface area contributed by atoms with E-state index < -0.39 is 5.97 Å². The first-order valence-corrected chi connectivity index (χ1v) is 7.14. The summed E-state index contributed by atoms with van der Waals surface area (Å²) in [6, 6.07) is 7.05. The number of para-hydroxylation sites is 1. The third-order valence-electron chi connectivity index (χ3n) is 3.16. The van der Waals surface area contributed by atoms with Gasteiger partial charge in [0, 0.05) is 7.05 Å². The Morgan fingerprint density at radius 2 is 1.96 bits per heavy atom. The van der Waals surface area contributed by atoms with E-state index in [1.807, 2.05) is 19.9 Å². The standard InChI is InChI=1S/C16H20N4O3/c1-10(2)23-15-13(17)14(18-9-19-15)20(3)12-8-6-5-7-11(12)16(21)22-4/h5-10H,17H2,1-4H3. The molecule has 0 unspecified atom stereocenters. The Morgan fingerprint density at radius 1 is 1.26 bits per heavy atom. The van der Waals surface area contributed by atoms with Crippen LogP contribution in [0.4, 0.5) is 17.2 Å². The van der Waals surface area contributed by atoms with Crippen LogP contribution in [-0.2, 0) is 4.74 Å². The van der Waals surface area contributed by atoms with Crippen molar-refractivity contribution in [1.82, 2.24) is 9.97 Å². The second kappa shape index (κ2) is 6.95. The third-order valence-corrected chi connectivity index (χ3v) is 3.16. The van der Waals surface area contributed by atoms with Gasteiger partial charge in [0.1, 0.15) is 12.0 Å². The maximum atomic E-state index is 11.9. The quantitative estimate of drug-likeness (QED) is 0.847. The van der Waals surface area contributed by atoms with Crippen molar-refractivity contribution >= 4 is 23.2 Å². The molecule has 2 rings (SSSR count). The number of benzene rings is 1. The van der Waals surface area contributed by atoms with Gasteiger partial charge in [-0.1, -0.05) is 12.1 Å². The van der Waals surface area contributed by atoms with E-state index in [2.05, 4.69) is 9.97 Å². The highest BCUT2D eigenvalue weighted by atomic mass is 16.5. The average Bonchev–Trinajstić information content (AvgIpc) is 2.55. The number of aromatic nitrogens is 2. The number of nitrogens with zero attached hydrogens (tertiary/aromatic N) is 3. The zero-order valence-corrected chi connectivity index (χ0v) is 13.6. The van der Waals surface area contributed by atoms with Crippen LogP contribution in [0.25, 0.3) is 0 Å². The Morgan fingerprint density at radius 3 is 2.61 bits per heavy atom. The second-order valence-electron chi connectivity index (χ2n) is 5.15. The number of carbonyl (C=O) groups is 1. The van der Waals surface area contributed by atoms with Crippen molar-refractivity contribution in [1.29, 1.82) is 0 Å². The summed E-state index contributed by atoms with van der Waals surface area (Å²) in [6.07, 6.45) is 1.31. The van der Waals surface area contributed by atoms with Gasteiger partial charge in [-0.3, -0.25) is 0 Å². The summed E-state index contributed by atoms with van der Waals surface area (Å²) < 4.78 is 10.4. The van der Waals surface area contributed by atoms with Crippen LogP contribution in [0.15, 0.2) is 30.6 Å². The van der Waals surface area contributed by atoms with Gasteiger partial charge in [-0.2, -0.15) is 4.98 Å². The Balaban J connectivity index is 2.46. The van der Waals surface area contributed by atoms with Gasteiger partial charge >= 0.3 is 5.97 Å². The van der Waals surface area contributed by atoms with Crippen LogP contribution in [-0.4, -0.2) is 36.2 Å². The summed E-state index contributed by atoms with van der Waals surface area (Å²) in [7, 11) is 3.10. The van der Waals surface area contributed by atoms with Crippen LogP contribution in [0.5, 0.6) is 5.88 Å². The van der Waals surface area contributed by atoms with Crippen LogP contribution in [0, 0.1) is 0 Å². The number of hydrogen-bond donors (Lipinski definition) is 1. The van der Waals surface area contributed by atoms with E-state index in [9.17, 15) is 4.79 Å². The molecule has 2 N–H and O–H groups in total. The number of nitrogens with two attached hydrogens (primary N) is 1. The average molecular weight is 316 g/mol. The topological polar surface area (TPSA) is 90.6 Å². The molecule has 0 bridgehead atoms. The van der Waals surface area contributed by atoms with Gasteiger partial charge in [-0.15, -0.1) is 0 Å². The Hall–Kier alpha value is -2.83. The lowest BCUT2D eigenvalue weighted by Crippen LogP contribution is -2.19. The monoisotopic (exact) mass is 316 g/mol. The summed E-state index contributed by atoms with van der Waals surface area (Å²) in [4.78, 5) is 21.9. The lowest BCUT2D eigenvalue weighted by atomic mass is 10.1. The molecule has 0 saturated carbocycles. The van der Waals surface area contributed by atoms with Crippen LogP contribution in [0.3, 0.4) is 0 Å². The van der Waals surface area contributed by atoms with Gasteiger partial charge in [-0.05, 0) is 26.0 Å². The summed E-state index contributed by atoms with van der Waals surface area (Å²) >= 11 is 0. The lowest BCUT2D eigenvalue weighted by molar-refractivity contribution is 0.0601. The van der Waals surface area contributed by atoms with Crippen molar-refractivity contribution in [3.63, 3.8) is 0 Å². The number of anilines is 3. The molecule has 1 heterocycles. The highest BCUT2D eigenvalue weighted by molar-refractivity contribution is 5.97. The van der Waals surface area contributed by atoms with Gasteiger partial charge in [-0.25, -0.2) is 9.78 Å². The van der Waals surface area contributed by atoms with Crippen molar-refractivity contribution in [3.05, 3.63) is 36.2 Å². The fourth-order valence-corrected chi connectivity index (χ4v) is 2.12. The highest BCUT2D eigenvalue weighted by Gasteiger charge is 2.20. The minimum absolute atomic E-state index is 0.0623. The number of hydrogen-bond acceptors (Lipinski definition) is 7. The number of ether oxygens (including phenoxy) is 2. The van der Waals surface area contributed by atoms with Gasteiger partial charge in [0.05, 0.1) is 24.5 Å². The summed E-state index contributed by atoms with van der Waals surface area (Å²) in [5, 5.41) is 0. The first-order valence-electron chi connectivity index (χ1n) is 7.14. The number of nitrogen functional groups attached to an aromatic ring is 1. The second-order valence-corrected chi connectivity index (χ2v) is 5.15. The Bertz CT molecular complexity index is 703. The molecule has 1 aromatic heterocycles. The SMILES string of the molecule is COC(=O)c1ccccc1N(C)c1ncnc(OC(C)C)c1N. The minimum atomic E-state index is -0.432. The van der Waals surface area contributed by atoms with Crippen molar-refractivity contribution in [2.75, 3.05) is 24.8 Å². The fourth-order valence-electron chi connectivity index (χ4n) is 2.12. The zero-order valence-electron chi connectivity index (χ0n) is 13.6. The van der Waals surface area contributed by atoms with Crippen LogP contribution >= 0.6 is 0 Å². The van der Waals surface area contributed by atoms with Crippen molar-refractivity contribution in [3.8, 4) is 5.88 Å². The van der Waals surface area contributed by atoms with Crippen LogP contribution in [0.2, 0.25) is 0 Å². The maximum absolute atomic E-state index is 11.9. The number of rotatable bonds is 5. The van der Waals surface area contributed by atoms with Crippen molar-refractivity contribution in [2.24, 2.45) is 0 Å². The molecule has 0 fully saturated rings. The van der Waals surface area contributed by atoms with Crippen molar-refractivity contribution in [2.45, 2.75) is 20.0 Å². The first kappa shape index (κ1) is 16.5. The molecule has 122 valence electrons. The predicted molar refractivity (Wildman–Crippen MR) is 88.1 cm³/mol. The van der Waals surface area contributed by atoms with E-state index in [0.717, 1.165) is 0 Å². The molecule has 0 aliphatic rings. The number of methoxy groups -OCH3 is 1. The molecule has 7 heteroatoms. The van der Waals surface area contributed by atoms with Crippen LogP contribution < -0.4 is 15.4 Å². The van der Waals surface area contributed by atoms with Crippen molar-refractivity contribution < 1.29 is 14.3 Å². The molecule has 0 amide bonds. The molecule has 7 nitrogen and oxygen atoms in total. The summed E-state index contributed by atoms with van der Waals surface area (Å²) in [5.74, 6) is 0.332. The molecule has 0 aliphatic heterocycles. The van der Waals surface area contributed by atoms with Crippen LogP contribution in [0.1, 0.15) is 24.2 Å². The number of esters is 1. The van der Waals surface area contributed by atoms with Gasteiger partial charge in [0.15, 0.2) is 5.82 Å². The lowest BCUT2D eigenvalue weighted by Gasteiger charge is -2.23. The molecular formula is C16H20N4O3. The molecular weight excluding hydrogens is 296 g/mol. The normalized spacial score (nSPS) is 10.5. The maximum Gasteiger partial charge on any atom is 0.339 e. The largest absolute Gasteiger partial charge is 0.473 e. The molecule has 0 saturated heterocycles. The Kier molecular flexibility index (Phi) is 5.00. The smallest absolute Gasteiger partial charge is 0.339 e. The number of carbonyl (C=O) groups excluding carboxylic acids is 1. The molecule has 0 atom stereocenters. The molecule has 0 radical (unpaired) electrons. The molecule has 23 heavy (non-hydrogen) atoms. The zero-order chi connectivity index (χ0) is 17.0. The molecule has 0 aliphatic carbocycles. The third kappa shape index (κ3) is 3.50. The van der Waals surface area contributed by atoms with Gasteiger partial charge in [0.25, 0.3) is 0 Å². The van der Waals surface area contributed by atoms with E-state index >= 15 is 0 Å². The molecule has 1 aromatic carbocycles. The molecule has 0 spiro atoms. The summed E-state index contributed by atoms with van der Waals surface area (Å²) in [5.41, 5.74) is 7.47. The van der Waals surface area contributed by atoms with E-state index in [-0.39, 0.29) is 6.10 Å². The molecule has 2 aromatic rings. The van der Waals surface area contributed by atoms with E-state index in [0.29, 0.717) is 28.6 Å². The first-order chi connectivity index (χ1) is 11.0. The fraction of sp³-hybridized carbons (Fsp3) is 0.312. The predicted octanol–water partition coefficient (Wildman–Crippen LogP) is 2.40. The highest BCUT2D eigenvalue weighted by Crippen LogP contribution is 2.33. The van der Waals surface area contributed by atoms with E-state index in [1.165, 1.54) is 13.4 Å².